The van der Waals surface area contributed by atoms with Crippen LogP contribution in [0, 0.1) is 0 Å². The summed E-state index contributed by atoms with van der Waals surface area (Å²) in [7, 11) is 0. The monoisotopic (exact) mass is 372 g/mol. The maximum absolute atomic E-state index is 6.03. The molecule has 0 atom stereocenters. The van der Waals surface area contributed by atoms with E-state index in [1.54, 1.807) is 37.2 Å². The molecule has 0 amide bonds. The van der Waals surface area contributed by atoms with Gasteiger partial charge >= 0.3 is 0 Å². The van der Waals surface area contributed by atoms with Crippen molar-refractivity contribution in [1.29, 1.82) is 0 Å². The van der Waals surface area contributed by atoms with Crippen molar-refractivity contribution in [2.24, 2.45) is 0 Å². The normalized spacial score (nSPS) is 20.4. The van der Waals surface area contributed by atoms with E-state index in [4.69, 9.17) is 14.4 Å². The molecule has 0 bridgehead atoms. The molecule has 0 spiro atoms. The van der Waals surface area contributed by atoms with Crippen LogP contribution in [0.3, 0.4) is 0 Å². The van der Waals surface area contributed by atoms with Crippen molar-refractivity contribution in [3.8, 4) is 11.8 Å². The van der Waals surface area contributed by atoms with Crippen LogP contribution in [0.5, 0.6) is 11.8 Å². The van der Waals surface area contributed by atoms with Crippen LogP contribution in [0.15, 0.2) is 37.2 Å². The first-order valence-electron chi connectivity index (χ1n) is 9.38. The van der Waals surface area contributed by atoms with Gasteiger partial charge in [0, 0.05) is 51.0 Å². The lowest BCUT2D eigenvalue weighted by Gasteiger charge is -2.37. The lowest BCUT2D eigenvalue weighted by Crippen LogP contribution is -2.46. The average Bonchev–Trinajstić information content (AvgIpc) is 2.73. The quantitative estimate of drug-likeness (QED) is 0.749. The lowest BCUT2D eigenvalue weighted by atomic mass is 10.1. The summed E-state index contributed by atoms with van der Waals surface area (Å²) in [6.45, 7) is 3.34. The van der Waals surface area contributed by atoms with Gasteiger partial charge in [-0.05, 0) is 25.7 Å². The molecule has 144 valence electrons. The van der Waals surface area contributed by atoms with Crippen LogP contribution in [0.1, 0.15) is 25.7 Å². The Labute approximate surface area is 158 Å². The van der Waals surface area contributed by atoms with Crippen LogP contribution in [0.4, 0.5) is 0 Å². The molecule has 2 fully saturated rings. The van der Waals surface area contributed by atoms with Crippen molar-refractivity contribution >= 4 is 0 Å². The molecule has 2 aromatic rings. The van der Waals surface area contributed by atoms with E-state index in [1.165, 1.54) is 0 Å². The molecule has 4 rings (SSSR count). The topological polar surface area (TPSA) is 85.7 Å². The summed E-state index contributed by atoms with van der Waals surface area (Å²) in [6.07, 6.45) is 13.8. The summed E-state index contributed by atoms with van der Waals surface area (Å²) >= 11 is 0. The molecule has 0 aromatic carbocycles. The van der Waals surface area contributed by atoms with E-state index >= 15 is 0 Å². The number of rotatable bonds is 6. The van der Waals surface area contributed by atoms with Crippen molar-refractivity contribution in [1.82, 2.24) is 30.1 Å². The van der Waals surface area contributed by atoms with Gasteiger partial charge in [0.15, 0.2) is 0 Å². The molecule has 27 heavy (non-hydrogen) atoms. The summed E-state index contributed by atoms with van der Waals surface area (Å²) in [5.41, 5.74) is 0. The molecule has 2 aromatic heterocycles. The third-order valence-electron chi connectivity index (χ3n) is 4.69. The highest BCUT2D eigenvalue weighted by Crippen LogP contribution is 2.20. The molecule has 0 unspecified atom stereocenters. The first-order valence-corrected chi connectivity index (χ1v) is 9.38. The minimum absolute atomic E-state index is 0.160. The maximum atomic E-state index is 6.03. The molecule has 2 aliphatic heterocycles. The summed E-state index contributed by atoms with van der Waals surface area (Å²) in [5, 5.41) is 4.03. The van der Waals surface area contributed by atoms with E-state index in [9.17, 15) is 0 Å². The van der Waals surface area contributed by atoms with Gasteiger partial charge in [-0.15, -0.1) is 0 Å². The third kappa shape index (κ3) is 5.31. The van der Waals surface area contributed by atoms with Crippen molar-refractivity contribution in [2.75, 3.05) is 26.2 Å². The summed E-state index contributed by atoms with van der Waals surface area (Å²) in [6, 6.07) is 0. The van der Waals surface area contributed by atoms with Crippen LogP contribution >= 0.6 is 0 Å². The van der Waals surface area contributed by atoms with Gasteiger partial charge in [-0.1, -0.05) is 0 Å². The average molecular weight is 372 g/mol. The van der Waals surface area contributed by atoms with E-state index in [-0.39, 0.29) is 12.2 Å². The second kappa shape index (κ2) is 9.03. The highest BCUT2D eigenvalue weighted by Gasteiger charge is 2.26. The highest BCUT2D eigenvalue weighted by atomic mass is 16.8. The minimum atomic E-state index is 0.160. The van der Waals surface area contributed by atoms with Crippen molar-refractivity contribution in [3.05, 3.63) is 37.2 Å². The zero-order valence-corrected chi connectivity index (χ0v) is 15.2. The Morgan fingerprint density at radius 1 is 0.667 bits per heavy atom. The van der Waals surface area contributed by atoms with Gasteiger partial charge in [-0.2, -0.15) is 10.1 Å². The Balaban J connectivity index is 1.15. The zero-order chi connectivity index (χ0) is 18.3. The fraction of sp³-hybridized carbons (Fsp3) is 0.556. The largest absolute Gasteiger partial charge is 0.473 e. The number of hydroxylamine groups is 4. The molecule has 0 radical (unpaired) electrons. The van der Waals surface area contributed by atoms with Gasteiger partial charge in [-0.3, -0.25) is 9.97 Å². The van der Waals surface area contributed by atoms with Crippen molar-refractivity contribution in [2.45, 2.75) is 37.9 Å². The number of aromatic nitrogens is 4. The maximum Gasteiger partial charge on any atom is 0.232 e. The van der Waals surface area contributed by atoms with Crippen LogP contribution in [-0.2, 0) is 4.94 Å². The van der Waals surface area contributed by atoms with Gasteiger partial charge in [0.05, 0.1) is 12.4 Å². The van der Waals surface area contributed by atoms with Crippen LogP contribution in [0.2, 0.25) is 0 Å². The lowest BCUT2D eigenvalue weighted by molar-refractivity contribution is -0.338. The molecule has 4 heterocycles. The van der Waals surface area contributed by atoms with E-state index in [0.717, 1.165) is 51.9 Å². The van der Waals surface area contributed by atoms with Crippen LogP contribution in [-0.4, -0.2) is 68.4 Å². The first kappa shape index (κ1) is 18.0. The molecular weight excluding hydrogens is 348 g/mol. The first-order chi connectivity index (χ1) is 13.3. The van der Waals surface area contributed by atoms with E-state index in [0.29, 0.717) is 11.8 Å². The Morgan fingerprint density at radius 3 is 1.48 bits per heavy atom. The second-order valence-corrected chi connectivity index (χ2v) is 6.66. The van der Waals surface area contributed by atoms with E-state index < -0.39 is 0 Å². The predicted octanol–water partition coefficient (Wildman–Crippen LogP) is 1.50. The molecule has 0 N–H and O–H groups in total. The van der Waals surface area contributed by atoms with Gasteiger partial charge in [0.25, 0.3) is 0 Å². The smallest absolute Gasteiger partial charge is 0.232 e. The SMILES string of the molecule is c1cnc(OC2CCN(ON3CCC(Oc4cnccn4)CC3)CC2)cn1. The fourth-order valence-electron chi connectivity index (χ4n) is 3.26. The van der Waals surface area contributed by atoms with Crippen LogP contribution < -0.4 is 9.47 Å². The van der Waals surface area contributed by atoms with Crippen molar-refractivity contribution < 1.29 is 14.4 Å². The van der Waals surface area contributed by atoms with Gasteiger partial charge in [0.1, 0.15) is 12.2 Å². The summed E-state index contributed by atoms with van der Waals surface area (Å²) in [4.78, 5) is 22.4. The minimum Gasteiger partial charge on any atom is -0.473 e. The molecule has 2 aliphatic rings. The Morgan fingerprint density at radius 2 is 1.11 bits per heavy atom. The summed E-state index contributed by atoms with van der Waals surface area (Å²) < 4.78 is 11.7. The number of ether oxygens (including phenoxy) is 2. The van der Waals surface area contributed by atoms with Crippen LogP contribution in [0.25, 0.3) is 0 Å². The number of hydrogen-bond acceptors (Lipinski definition) is 9. The van der Waals surface area contributed by atoms with Gasteiger partial charge in [-0.25, -0.2) is 14.9 Å². The van der Waals surface area contributed by atoms with Gasteiger partial charge in [0.2, 0.25) is 11.8 Å². The van der Waals surface area contributed by atoms with E-state index in [2.05, 4.69) is 19.9 Å². The zero-order valence-electron chi connectivity index (χ0n) is 15.2. The molecule has 0 aliphatic carbocycles. The fourth-order valence-corrected chi connectivity index (χ4v) is 3.26. The molecule has 9 nitrogen and oxygen atoms in total. The van der Waals surface area contributed by atoms with Gasteiger partial charge < -0.3 is 9.47 Å². The molecule has 0 saturated carbocycles. The predicted molar refractivity (Wildman–Crippen MR) is 95.6 cm³/mol. The molecule has 9 heteroatoms. The highest BCUT2D eigenvalue weighted by molar-refractivity contribution is 5.03. The van der Waals surface area contributed by atoms with Crippen molar-refractivity contribution in [3.63, 3.8) is 0 Å². The standard InChI is InChI=1S/C18H24N6O3/c1-9-23(10-2-15(1)25-17-13-19-5-7-21-17)27-24-11-3-16(4-12-24)26-18-14-20-6-8-22-18/h5-8,13-16H,1-4,9-12H2. The number of hydrogen-bond donors (Lipinski definition) is 0. The third-order valence-corrected chi connectivity index (χ3v) is 4.69. The summed E-state index contributed by atoms with van der Waals surface area (Å²) in [5.74, 6) is 1.17. The molecular formula is C18H24N6O3. The Bertz CT molecular complexity index is 617. The Kier molecular flexibility index (Phi) is 6.03. The second-order valence-electron chi connectivity index (χ2n) is 6.66. The Hall–Kier alpha value is -2.36. The van der Waals surface area contributed by atoms with E-state index in [1.807, 2.05) is 10.1 Å². The number of piperidine rings is 2. The molecule has 2 saturated heterocycles. The number of nitrogens with zero attached hydrogens (tertiary/aromatic N) is 6.